The van der Waals surface area contributed by atoms with Crippen LogP contribution in [-0.2, 0) is 0 Å². The molecule has 1 aliphatic rings. The molecule has 0 saturated heterocycles. The summed E-state index contributed by atoms with van der Waals surface area (Å²) in [4.78, 5) is 0. The van der Waals surface area contributed by atoms with E-state index in [0.717, 1.165) is 16.1 Å². The fourth-order valence-corrected chi connectivity index (χ4v) is 3.40. The normalized spacial score (nSPS) is 25.9. The highest BCUT2D eigenvalue weighted by Crippen LogP contribution is 2.40. The first-order valence-electron chi connectivity index (χ1n) is 6.22. The maximum absolute atomic E-state index is 6.39. The molecule has 0 amide bonds. The zero-order valence-corrected chi connectivity index (χ0v) is 12.0. The lowest BCUT2D eigenvalue weighted by Crippen LogP contribution is -2.23. The van der Waals surface area contributed by atoms with Crippen molar-refractivity contribution in [1.29, 1.82) is 0 Å². The highest BCUT2D eigenvalue weighted by Gasteiger charge is 2.29. The van der Waals surface area contributed by atoms with Gasteiger partial charge in [-0.2, -0.15) is 0 Å². The molecule has 1 aliphatic carbocycles. The first-order chi connectivity index (χ1) is 8.13. The molecule has 0 heterocycles. The lowest BCUT2D eigenvalue weighted by Gasteiger charge is -2.24. The predicted molar refractivity (Wildman–Crippen MR) is 74.1 cm³/mol. The summed E-state index contributed by atoms with van der Waals surface area (Å²) in [6, 6.07) is 6.31. The van der Waals surface area contributed by atoms with Crippen LogP contribution in [0.1, 0.15) is 37.8 Å². The van der Waals surface area contributed by atoms with Crippen molar-refractivity contribution in [3.05, 3.63) is 28.2 Å². The lowest BCUT2D eigenvalue weighted by molar-refractivity contribution is 0.350. The summed E-state index contributed by atoms with van der Waals surface area (Å²) in [5, 5.41) is 0. The second-order valence-corrected chi connectivity index (χ2v) is 5.85. The maximum atomic E-state index is 6.39. The van der Waals surface area contributed by atoms with E-state index in [1.807, 2.05) is 6.07 Å². The van der Waals surface area contributed by atoms with E-state index in [9.17, 15) is 0 Å². The van der Waals surface area contributed by atoms with Gasteiger partial charge in [0.15, 0.2) is 0 Å². The molecule has 1 aromatic carbocycles. The Bertz CT molecular complexity index is 394. The number of methoxy groups -OCH3 is 1. The maximum Gasteiger partial charge on any atom is 0.133 e. The van der Waals surface area contributed by atoms with Crippen LogP contribution in [0.25, 0.3) is 0 Å². The van der Waals surface area contributed by atoms with Gasteiger partial charge in [0.25, 0.3) is 0 Å². The number of benzene rings is 1. The molecule has 2 nitrogen and oxygen atoms in total. The average Bonchev–Trinajstić information content (AvgIpc) is 2.74. The topological polar surface area (TPSA) is 35.2 Å². The van der Waals surface area contributed by atoms with Crippen LogP contribution in [0.4, 0.5) is 0 Å². The fraction of sp³-hybridized carbons (Fsp3) is 0.571. The Hall–Kier alpha value is -0.540. The zero-order chi connectivity index (χ0) is 12.4. The van der Waals surface area contributed by atoms with Gasteiger partial charge in [0.2, 0.25) is 0 Å². The van der Waals surface area contributed by atoms with Crippen molar-refractivity contribution in [1.82, 2.24) is 0 Å². The highest BCUT2D eigenvalue weighted by molar-refractivity contribution is 9.10. The van der Waals surface area contributed by atoms with E-state index in [2.05, 4.69) is 35.0 Å². The number of ether oxygens (including phenoxy) is 1. The van der Waals surface area contributed by atoms with Crippen LogP contribution in [0.2, 0.25) is 0 Å². The molecular weight excluding hydrogens is 278 g/mol. The minimum atomic E-state index is 0.148. The molecule has 3 atom stereocenters. The third-order valence-corrected chi connectivity index (χ3v) is 4.57. The van der Waals surface area contributed by atoms with E-state index in [-0.39, 0.29) is 6.04 Å². The molecule has 94 valence electrons. The van der Waals surface area contributed by atoms with Crippen molar-refractivity contribution in [3.63, 3.8) is 0 Å². The molecule has 0 radical (unpaired) electrons. The van der Waals surface area contributed by atoms with E-state index >= 15 is 0 Å². The Morgan fingerprint density at radius 2 is 2.18 bits per heavy atom. The summed E-state index contributed by atoms with van der Waals surface area (Å²) >= 11 is 3.52. The van der Waals surface area contributed by atoms with Gasteiger partial charge in [0, 0.05) is 6.04 Å². The van der Waals surface area contributed by atoms with Gasteiger partial charge in [-0.15, -0.1) is 0 Å². The monoisotopic (exact) mass is 297 g/mol. The van der Waals surface area contributed by atoms with Crippen molar-refractivity contribution >= 4 is 15.9 Å². The predicted octanol–water partition coefficient (Wildman–Crippen LogP) is 3.89. The Labute approximate surface area is 112 Å². The smallest absolute Gasteiger partial charge is 0.133 e. The van der Waals surface area contributed by atoms with Crippen molar-refractivity contribution < 1.29 is 4.74 Å². The SMILES string of the molecule is COc1ccc(C(N)C2CCCC2C)cc1Br. The van der Waals surface area contributed by atoms with Gasteiger partial charge in [-0.05, 0) is 51.9 Å². The van der Waals surface area contributed by atoms with Gasteiger partial charge in [-0.3, -0.25) is 0 Å². The van der Waals surface area contributed by atoms with E-state index in [0.29, 0.717) is 5.92 Å². The van der Waals surface area contributed by atoms with Crippen LogP contribution in [0, 0.1) is 11.8 Å². The van der Waals surface area contributed by atoms with E-state index < -0.39 is 0 Å². The second kappa shape index (κ2) is 5.40. The van der Waals surface area contributed by atoms with Crippen LogP contribution in [0.3, 0.4) is 0 Å². The average molecular weight is 298 g/mol. The second-order valence-electron chi connectivity index (χ2n) is 4.99. The molecule has 0 spiro atoms. The molecular formula is C14H20BrNO. The first-order valence-corrected chi connectivity index (χ1v) is 7.01. The number of rotatable bonds is 3. The number of hydrogen-bond acceptors (Lipinski definition) is 2. The standard InChI is InChI=1S/C14H20BrNO/c1-9-4-3-5-11(9)14(16)10-6-7-13(17-2)12(15)8-10/h6-9,11,14H,3-5,16H2,1-2H3. The minimum absolute atomic E-state index is 0.148. The summed E-state index contributed by atoms with van der Waals surface area (Å²) in [5.41, 5.74) is 7.59. The van der Waals surface area contributed by atoms with Crippen LogP contribution in [0.5, 0.6) is 5.75 Å². The van der Waals surface area contributed by atoms with E-state index in [4.69, 9.17) is 10.5 Å². The molecule has 1 fully saturated rings. The molecule has 2 N–H and O–H groups in total. The summed E-state index contributed by atoms with van der Waals surface area (Å²) in [7, 11) is 1.68. The van der Waals surface area contributed by atoms with E-state index in [1.54, 1.807) is 7.11 Å². The van der Waals surface area contributed by atoms with Crippen LogP contribution in [-0.4, -0.2) is 7.11 Å². The Morgan fingerprint density at radius 3 is 2.71 bits per heavy atom. The highest BCUT2D eigenvalue weighted by atomic mass is 79.9. The minimum Gasteiger partial charge on any atom is -0.496 e. The third-order valence-electron chi connectivity index (χ3n) is 3.95. The fourth-order valence-electron chi connectivity index (χ4n) is 2.84. The zero-order valence-electron chi connectivity index (χ0n) is 10.4. The third kappa shape index (κ3) is 2.66. The van der Waals surface area contributed by atoms with Gasteiger partial charge in [-0.25, -0.2) is 0 Å². The van der Waals surface area contributed by atoms with Gasteiger partial charge >= 0.3 is 0 Å². The van der Waals surface area contributed by atoms with Gasteiger partial charge in [0.05, 0.1) is 11.6 Å². The molecule has 3 heteroatoms. The van der Waals surface area contributed by atoms with E-state index in [1.165, 1.54) is 24.8 Å². The molecule has 1 aromatic rings. The molecule has 2 rings (SSSR count). The van der Waals surface area contributed by atoms with Gasteiger partial charge in [0.1, 0.15) is 5.75 Å². The summed E-state index contributed by atoms with van der Waals surface area (Å²) < 4.78 is 6.22. The number of halogens is 1. The number of hydrogen-bond donors (Lipinski definition) is 1. The molecule has 17 heavy (non-hydrogen) atoms. The van der Waals surface area contributed by atoms with Crippen LogP contribution in [0.15, 0.2) is 22.7 Å². The Balaban J connectivity index is 2.19. The number of nitrogens with two attached hydrogens (primary N) is 1. The molecule has 1 saturated carbocycles. The Morgan fingerprint density at radius 1 is 1.41 bits per heavy atom. The largest absolute Gasteiger partial charge is 0.496 e. The molecule has 3 unspecified atom stereocenters. The van der Waals surface area contributed by atoms with Crippen LogP contribution >= 0.6 is 15.9 Å². The molecule has 0 aliphatic heterocycles. The first kappa shape index (κ1) is 12.9. The van der Waals surface area contributed by atoms with Gasteiger partial charge in [-0.1, -0.05) is 25.8 Å². The Kier molecular flexibility index (Phi) is 4.10. The summed E-state index contributed by atoms with van der Waals surface area (Å²) in [6.45, 7) is 2.32. The quantitative estimate of drug-likeness (QED) is 0.918. The summed E-state index contributed by atoms with van der Waals surface area (Å²) in [6.07, 6.45) is 3.89. The van der Waals surface area contributed by atoms with Crippen molar-refractivity contribution in [2.45, 2.75) is 32.2 Å². The van der Waals surface area contributed by atoms with Crippen molar-refractivity contribution in [2.75, 3.05) is 7.11 Å². The lowest BCUT2D eigenvalue weighted by atomic mass is 9.86. The van der Waals surface area contributed by atoms with Crippen molar-refractivity contribution in [3.8, 4) is 5.75 Å². The molecule has 0 bridgehead atoms. The van der Waals surface area contributed by atoms with Gasteiger partial charge < -0.3 is 10.5 Å². The molecule has 0 aromatic heterocycles. The van der Waals surface area contributed by atoms with Crippen molar-refractivity contribution in [2.24, 2.45) is 17.6 Å². The summed E-state index contributed by atoms with van der Waals surface area (Å²) in [5.74, 6) is 2.22. The van der Waals surface area contributed by atoms with Crippen LogP contribution < -0.4 is 10.5 Å².